The van der Waals surface area contributed by atoms with E-state index in [0.29, 0.717) is 18.5 Å². The molecule has 1 saturated carbocycles. The van der Waals surface area contributed by atoms with Crippen molar-refractivity contribution in [3.63, 3.8) is 0 Å². The van der Waals surface area contributed by atoms with Crippen molar-refractivity contribution in [2.24, 2.45) is 5.92 Å². The molecule has 26 heavy (non-hydrogen) atoms. The van der Waals surface area contributed by atoms with Crippen LogP contribution in [0.5, 0.6) is 0 Å². The first-order valence-corrected chi connectivity index (χ1v) is 9.56. The van der Waals surface area contributed by atoms with Gasteiger partial charge < -0.3 is 4.90 Å². The minimum atomic E-state index is -0.367. The summed E-state index contributed by atoms with van der Waals surface area (Å²) >= 11 is 0. The van der Waals surface area contributed by atoms with Gasteiger partial charge in [0.1, 0.15) is 6.04 Å². The molecule has 7 heteroatoms. The van der Waals surface area contributed by atoms with Crippen LogP contribution in [0.25, 0.3) is 0 Å². The monoisotopic (exact) mass is 354 g/mol. The highest BCUT2D eigenvalue weighted by molar-refractivity contribution is 5.83. The molecule has 2 aromatic rings. The molecule has 0 spiro atoms. The molecule has 1 saturated heterocycles. The number of carbonyl (C=O) groups is 1. The van der Waals surface area contributed by atoms with E-state index in [9.17, 15) is 4.79 Å². The number of rotatable bonds is 6. The summed E-state index contributed by atoms with van der Waals surface area (Å²) in [5.41, 5.74) is 0.988. The lowest BCUT2D eigenvalue weighted by Gasteiger charge is -2.33. The average Bonchev–Trinajstić information content (AvgIpc) is 3.41. The molecular weight excluding hydrogens is 328 g/mol. The second-order valence-corrected chi connectivity index (χ2v) is 7.50. The maximum absolute atomic E-state index is 13.2. The first kappa shape index (κ1) is 17.1. The number of likely N-dealkylation sites (tertiary alicyclic amines) is 1. The fourth-order valence-electron chi connectivity index (χ4n) is 3.53. The average molecular weight is 354 g/mol. The third-order valence-electron chi connectivity index (χ3n) is 5.39. The molecule has 1 aromatic heterocycles. The number of piperidine rings is 1. The number of nitrogens with zero attached hydrogens (tertiary/aromatic N) is 5. The molecule has 7 nitrogen and oxygen atoms in total. The van der Waals surface area contributed by atoms with Gasteiger partial charge in [0.05, 0.1) is 12.6 Å². The van der Waals surface area contributed by atoms with Gasteiger partial charge in [0.2, 0.25) is 5.91 Å². The molecule has 1 atom stereocenters. The van der Waals surface area contributed by atoms with E-state index in [1.54, 1.807) is 0 Å². The Morgan fingerprint density at radius 3 is 2.62 bits per heavy atom. The number of tetrazole rings is 1. The van der Waals surface area contributed by atoms with Crippen LogP contribution in [0, 0.1) is 5.92 Å². The smallest absolute Gasteiger partial charge is 0.244 e. The minimum Gasteiger partial charge on any atom is -0.341 e. The van der Waals surface area contributed by atoms with E-state index in [0.717, 1.165) is 50.2 Å². The predicted molar refractivity (Wildman–Crippen MR) is 97.1 cm³/mol. The second-order valence-electron chi connectivity index (χ2n) is 7.50. The normalized spacial score (nSPS) is 19.5. The van der Waals surface area contributed by atoms with Gasteiger partial charge in [0, 0.05) is 13.1 Å². The SMILES string of the molecule is CC1CCN(C(=O)C(NCc2nnnn2C2CC2)c2ccccc2)CC1. The fourth-order valence-corrected chi connectivity index (χ4v) is 3.53. The zero-order valence-corrected chi connectivity index (χ0v) is 15.2. The van der Waals surface area contributed by atoms with Gasteiger partial charge in [-0.25, -0.2) is 4.68 Å². The van der Waals surface area contributed by atoms with Gasteiger partial charge in [-0.15, -0.1) is 5.10 Å². The third kappa shape index (κ3) is 3.77. The number of nitrogens with one attached hydrogen (secondary N) is 1. The van der Waals surface area contributed by atoms with Crippen LogP contribution in [-0.4, -0.2) is 44.1 Å². The van der Waals surface area contributed by atoms with Gasteiger partial charge in [0.25, 0.3) is 0 Å². The Hall–Kier alpha value is -2.28. The van der Waals surface area contributed by atoms with Crippen LogP contribution < -0.4 is 5.32 Å². The second kappa shape index (κ2) is 7.53. The molecule has 1 amide bonds. The molecule has 1 aliphatic heterocycles. The molecular formula is C19H26N6O. The van der Waals surface area contributed by atoms with Gasteiger partial charge >= 0.3 is 0 Å². The summed E-state index contributed by atoms with van der Waals surface area (Å²) in [6, 6.07) is 10.00. The maximum Gasteiger partial charge on any atom is 0.244 e. The van der Waals surface area contributed by atoms with Crippen LogP contribution in [-0.2, 0) is 11.3 Å². The van der Waals surface area contributed by atoms with Crippen molar-refractivity contribution in [3.05, 3.63) is 41.7 Å². The number of hydrogen-bond donors (Lipinski definition) is 1. The van der Waals surface area contributed by atoms with Crippen LogP contribution in [0.4, 0.5) is 0 Å². The van der Waals surface area contributed by atoms with Gasteiger partial charge in [-0.05, 0) is 47.6 Å². The molecule has 0 radical (unpaired) electrons. The molecule has 4 rings (SSSR count). The molecule has 2 fully saturated rings. The Morgan fingerprint density at radius 2 is 1.92 bits per heavy atom. The summed E-state index contributed by atoms with van der Waals surface area (Å²) in [6.07, 6.45) is 4.41. The summed E-state index contributed by atoms with van der Waals surface area (Å²) in [6.45, 7) is 4.42. The summed E-state index contributed by atoms with van der Waals surface area (Å²) in [5, 5.41) is 15.5. The first-order chi connectivity index (χ1) is 12.7. The zero-order chi connectivity index (χ0) is 17.9. The number of amides is 1. The predicted octanol–water partition coefficient (Wildman–Crippen LogP) is 2.10. The Kier molecular flexibility index (Phi) is 4.97. The van der Waals surface area contributed by atoms with Crippen molar-refractivity contribution in [2.45, 2.75) is 51.2 Å². The highest BCUT2D eigenvalue weighted by atomic mass is 16.2. The summed E-state index contributed by atoms with van der Waals surface area (Å²) in [4.78, 5) is 15.2. The lowest BCUT2D eigenvalue weighted by Crippen LogP contribution is -2.44. The van der Waals surface area contributed by atoms with E-state index in [4.69, 9.17) is 0 Å². The summed E-state index contributed by atoms with van der Waals surface area (Å²) < 4.78 is 1.89. The van der Waals surface area contributed by atoms with Gasteiger partial charge in [-0.1, -0.05) is 37.3 Å². The van der Waals surface area contributed by atoms with Gasteiger partial charge in [-0.3, -0.25) is 10.1 Å². The van der Waals surface area contributed by atoms with Gasteiger partial charge in [-0.2, -0.15) is 0 Å². The van der Waals surface area contributed by atoms with Crippen LogP contribution in [0.1, 0.15) is 56.1 Å². The van der Waals surface area contributed by atoms with E-state index < -0.39 is 0 Å². The fraction of sp³-hybridized carbons (Fsp3) is 0.579. The molecule has 2 aliphatic rings. The molecule has 138 valence electrons. The third-order valence-corrected chi connectivity index (χ3v) is 5.39. The molecule has 1 aliphatic carbocycles. The molecule has 1 aromatic carbocycles. The number of benzene rings is 1. The van der Waals surface area contributed by atoms with Crippen LogP contribution in [0.2, 0.25) is 0 Å². The lowest BCUT2D eigenvalue weighted by molar-refractivity contribution is -0.135. The Bertz CT molecular complexity index is 733. The molecule has 2 heterocycles. The number of carbonyl (C=O) groups excluding carboxylic acids is 1. The van der Waals surface area contributed by atoms with Crippen molar-refractivity contribution in [2.75, 3.05) is 13.1 Å². The first-order valence-electron chi connectivity index (χ1n) is 9.56. The van der Waals surface area contributed by atoms with Crippen LogP contribution in [0.15, 0.2) is 30.3 Å². The largest absolute Gasteiger partial charge is 0.341 e. The molecule has 1 unspecified atom stereocenters. The van der Waals surface area contributed by atoms with Crippen molar-refractivity contribution < 1.29 is 4.79 Å². The van der Waals surface area contributed by atoms with E-state index in [1.165, 1.54) is 0 Å². The molecule has 1 N–H and O–H groups in total. The van der Waals surface area contributed by atoms with E-state index in [1.807, 2.05) is 39.9 Å². The quantitative estimate of drug-likeness (QED) is 0.860. The van der Waals surface area contributed by atoms with Crippen LogP contribution >= 0.6 is 0 Å². The standard InChI is InChI=1S/C19H26N6O/c1-14-9-11-24(12-10-14)19(26)18(15-5-3-2-4-6-15)20-13-17-21-22-23-25(17)16-7-8-16/h2-6,14,16,18,20H,7-13H2,1H3. The Labute approximate surface area is 153 Å². The van der Waals surface area contributed by atoms with Crippen molar-refractivity contribution in [1.29, 1.82) is 0 Å². The Balaban J connectivity index is 1.49. The van der Waals surface area contributed by atoms with Crippen molar-refractivity contribution in [3.8, 4) is 0 Å². The minimum absolute atomic E-state index is 0.147. The summed E-state index contributed by atoms with van der Waals surface area (Å²) in [5.74, 6) is 1.65. The van der Waals surface area contributed by atoms with E-state index >= 15 is 0 Å². The topological polar surface area (TPSA) is 75.9 Å². The van der Waals surface area contributed by atoms with E-state index in [-0.39, 0.29) is 11.9 Å². The van der Waals surface area contributed by atoms with E-state index in [2.05, 4.69) is 27.8 Å². The van der Waals surface area contributed by atoms with Crippen LogP contribution in [0.3, 0.4) is 0 Å². The number of hydrogen-bond acceptors (Lipinski definition) is 5. The lowest BCUT2D eigenvalue weighted by atomic mass is 9.97. The van der Waals surface area contributed by atoms with Gasteiger partial charge in [0.15, 0.2) is 5.82 Å². The number of aromatic nitrogens is 4. The molecule has 0 bridgehead atoms. The maximum atomic E-state index is 13.2. The summed E-state index contributed by atoms with van der Waals surface area (Å²) in [7, 11) is 0. The highest BCUT2D eigenvalue weighted by Gasteiger charge is 2.30. The zero-order valence-electron chi connectivity index (χ0n) is 15.2. The van der Waals surface area contributed by atoms with Crippen molar-refractivity contribution >= 4 is 5.91 Å². The Morgan fingerprint density at radius 1 is 1.19 bits per heavy atom. The highest BCUT2D eigenvalue weighted by Crippen LogP contribution is 2.34. The van der Waals surface area contributed by atoms with Crippen molar-refractivity contribution in [1.82, 2.24) is 30.4 Å².